The summed E-state index contributed by atoms with van der Waals surface area (Å²) in [5.41, 5.74) is 2.00. The summed E-state index contributed by atoms with van der Waals surface area (Å²) < 4.78 is 5.43. The summed E-state index contributed by atoms with van der Waals surface area (Å²) in [7, 11) is 0. The van der Waals surface area contributed by atoms with Crippen molar-refractivity contribution in [1.29, 1.82) is 0 Å². The first-order valence-electron chi connectivity index (χ1n) is 8.87. The number of anilines is 2. The number of aromatic amines is 1. The number of aryl methyl sites for hydroxylation is 1. The lowest BCUT2D eigenvalue weighted by Crippen LogP contribution is -2.37. The summed E-state index contributed by atoms with van der Waals surface area (Å²) >= 11 is 0. The molecule has 1 fully saturated rings. The lowest BCUT2D eigenvalue weighted by Gasteiger charge is -2.27. The van der Waals surface area contributed by atoms with Gasteiger partial charge in [0.2, 0.25) is 5.95 Å². The van der Waals surface area contributed by atoms with Crippen molar-refractivity contribution in [1.82, 2.24) is 19.9 Å². The van der Waals surface area contributed by atoms with Gasteiger partial charge < -0.3 is 24.8 Å². The number of morpholine rings is 1. The van der Waals surface area contributed by atoms with Crippen molar-refractivity contribution in [2.24, 2.45) is 0 Å². The summed E-state index contributed by atoms with van der Waals surface area (Å²) in [4.78, 5) is 17.4. The molecule has 0 radical (unpaired) electrons. The molecule has 2 N–H and O–H groups in total. The number of fused-ring (bicyclic) bond motifs is 1. The molecule has 0 spiro atoms. The van der Waals surface area contributed by atoms with Gasteiger partial charge in [0.25, 0.3) is 0 Å². The molecule has 0 bridgehead atoms. The molecule has 0 unspecified atom stereocenters. The van der Waals surface area contributed by atoms with E-state index in [9.17, 15) is 0 Å². The second kappa shape index (κ2) is 7.81. The van der Waals surface area contributed by atoms with Crippen LogP contribution < -0.4 is 10.2 Å². The van der Waals surface area contributed by atoms with Gasteiger partial charge in [0.15, 0.2) is 0 Å². The van der Waals surface area contributed by atoms with E-state index in [-0.39, 0.29) is 0 Å². The summed E-state index contributed by atoms with van der Waals surface area (Å²) in [6.45, 7) is 13.6. The van der Waals surface area contributed by atoms with Crippen LogP contribution in [-0.2, 0) is 4.74 Å². The molecule has 0 atom stereocenters. The van der Waals surface area contributed by atoms with E-state index in [1.54, 1.807) is 0 Å². The van der Waals surface area contributed by atoms with Crippen LogP contribution in [0, 0.1) is 6.92 Å². The third-order valence-corrected chi connectivity index (χ3v) is 4.52. The predicted octanol–water partition coefficient (Wildman–Crippen LogP) is 1.86. The Bertz CT molecular complexity index is 660. The van der Waals surface area contributed by atoms with Crippen LogP contribution in [0.4, 0.5) is 11.8 Å². The van der Waals surface area contributed by atoms with Crippen molar-refractivity contribution in [3.05, 3.63) is 11.8 Å². The van der Waals surface area contributed by atoms with Crippen LogP contribution in [0.25, 0.3) is 11.0 Å². The highest BCUT2D eigenvalue weighted by Crippen LogP contribution is 2.24. The lowest BCUT2D eigenvalue weighted by atomic mass is 10.3. The maximum Gasteiger partial charge on any atom is 0.229 e. The molecule has 1 aliphatic heterocycles. The van der Waals surface area contributed by atoms with Gasteiger partial charge in [-0.1, -0.05) is 13.8 Å². The van der Waals surface area contributed by atoms with E-state index in [1.165, 1.54) is 0 Å². The minimum Gasteiger partial charge on any atom is -0.378 e. The van der Waals surface area contributed by atoms with Gasteiger partial charge in [-0.3, -0.25) is 0 Å². The Morgan fingerprint density at radius 3 is 2.71 bits per heavy atom. The molecule has 0 amide bonds. The number of ether oxygens (including phenoxy) is 1. The average Bonchev–Trinajstić information content (AvgIpc) is 2.99. The van der Waals surface area contributed by atoms with Crippen LogP contribution >= 0.6 is 0 Å². The number of nitrogens with one attached hydrogen (secondary N) is 2. The first kappa shape index (κ1) is 17.0. The number of hydrogen-bond acceptors (Lipinski definition) is 6. The van der Waals surface area contributed by atoms with Crippen molar-refractivity contribution in [2.75, 3.05) is 62.7 Å². The second-order valence-corrected chi connectivity index (χ2v) is 6.14. The van der Waals surface area contributed by atoms with Gasteiger partial charge in [-0.2, -0.15) is 9.97 Å². The molecular formula is C17H28N6O. The van der Waals surface area contributed by atoms with E-state index < -0.39 is 0 Å². The minimum absolute atomic E-state index is 0.732. The van der Waals surface area contributed by atoms with Crippen molar-refractivity contribution in [3.8, 4) is 0 Å². The van der Waals surface area contributed by atoms with Crippen LogP contribution in [0.5, 0.6) is 0 Å². The summed E-state index contributed by atoms with van der Waals surface area (Å²) in [5.74, 6) is 1.69. The van der Waals surface area contributed by atoms with Gasteiger partial charge in [-0.25, -0.2) is 0 Å². The molecule has 0 aliphatic carbocycles. The monoisotopic (exact) mass is 332 g/mol. The number of nitrogens with zero attached hydrogens (tertiary/aromatic N) is 4. The zero-order valence-electron chi connectivity index (χ0n) is 14.9. The first-order chi connectivity index (χ1) is 11.7. The van der Waals surface area contributed by atoms with Crippen LogP contribution in [0.1, 0.15) is 19.5 Å². The van der Waals surface area contributed by atoms with E-state index in [1.807, 2.05) is 0 Å². The Morgan fingerprint density at radius 1 is 1.25 bits per heavy atom. The van der Waals surface area contributed by atoms with Gasteiger partial charge in [0, 0.05) is 31.9 Å². The molecule has 7 nitrogen and oxygen atoms in total. The Hall–Kier alpha value is -1.86. The Balaban J connectivity index is 1.81. The molecule has 1 aliphatic rings. The standard InChI is InChI=1S/C17H28N6O/c1-4-22(5-2)7-6-18-15-14-12-13(3)19-16(14)21-17(20-15)23-8-10-24-11-9-23/h12H,4-11H2,1-3H3,(H2,18,19,20,21). The van der Waals surface area contributed by atoms with Crippen molar-refractivity contribution in [3.63, 3.8) is 0 Å². The molecule has 24 heavy (non-hydrogen) atoms. The number of likely N-dealkylation sites (N-methyl/N-ethyl adjacent to an activating group) is 1. The van der Waals surface area contributed by atoms with Crippen LogP contribution in [0.2, 0.25) is 0 Å². The van der Waals surface area contributed by atoms with Gasteiger partial charge in [-0.15, -0.1) is 0 Å². The highest BCUT2D eigenvalue weighted by atomic mass is 16.5. The number of H-pyrrole nitrogens is 1. The topological polar surface area (TPSA) is 69.3 Å². The molecule has 3 rings (SSSR count). The molecule has 1 saturated heterocycles. The quantitative estimate of drug-likeness (QED) is 0.806. The molecule has 132 valence electrons. The van der Waals surface area contributed by atoms with E-state index in [0.29, 0.717) is 0 Å². The third-order valence-electron chi connectivity index (χ3n) is 4.52. The van der Waals surface area contributed by atoms with Gasteiger partial charge in [0.05, 0.1) is 18.6 Å². The highest BCUT2D eigenvalue weighted by molar-refractivity contribution is 5.89. The average molecular weight is 332 g/mol. The first-order valence-corrected chi connectivity index (χ1v) is 8.87. The van der Waals surface area contributed by atoms with E-state index in [0.717, 1.165) is 81.0 Å². The third kappa shape index (κ3) is 3.79. The molecular weight excluding hydrogens is 304 g/mol. The van der Waals surface area contributed by atoms with E-state index in [4.69, 9.17) is 14.7 Å². The van der Waals surface area contributed by atoms with Crippen molar-refractivity contribution >= 4 is 22.8 Å². The van der Waals surface area contributed by atoms with Crippen LogP contribution in [0.3, 0.4) is 0 Å². The number of hydrogen-bond donors (Lipinski definition) is 2. The second-order valence-electron chi connectivity index (χ2n) is 6.14. The Morgan fingerprint density at radius 2 is 2.00 bits per heavy atom. The van der Waals surface area contributed by atoms with Crippen molar-refractivity contribution in [2.45, 2.75) is 20.8 Å². The molecule has 0 saturated carbocycles. The van der Waals surface area contributed by atoms with Gasteiger partial charge >= 0.3 is 0 Å². The Kier molecular flexibility index (Phi) is 5.52. The highest BCUT2D eigenvalue weighted by Gasteiger charge is 2.17. The van der Waals surface area contributed by atoms with Crippen LogP contribution in [0.15, 0.2) is 6.07 Å². The normalized spacial score (nSPS) is 15.4. The van der Waals surface area contributed by atoms with Crippen molar-refractivity contribution < 1.29 is 4.74 Å². The van der Waals surface area contributed by atoms with Gasteiger partial charge in [-0.05, 0) is 26.1 Å². The molecule has 7 heteroatoms. The molecule has 0 aromatic carbocycles. The van der Waals surface area contributed by atoms with Gasteiger partial charge in [0.1, 0.15) is 11.5 Å². The zero-order valence-corrected chi connectivity index (χ0v) is 14.9. The Labute approximate surface area is 143 Å². The fraction of sp³-hybridized carbons (Fsp3) is 0.647. The maximum absolute atomic E-state index is 5.43. The number of rotatable bonds is 7. The van der Waals surface area contributed by atoms with E-state index >= 15 is 0 Å². The number of aromatic nitrogens is 3. The largest absolute Gasteiger partial charge is 0.378 e. The summed E-state index contributed by atoms with van der Waals surface area (Å²) in [6.07, 6.45) is 0. The summed E-state index contributed by atoms with van der Waals surface area (Å²) in [5, 5.41) is 4.57. The van der Waals surface area contributed by atoms with Crippen LogP contribution in [-0.4, -0.2) is 72.3 Å². The fourth-order valence-corrected chi connectivity index (χ4v) is 3.04. The molecule has 2 aromatic rings. The molecule has 2 aromatic heterocycles. The predicted molar refractivity (Wildman–Crippen MR) is 97.9 cm³/mol. The summed E-state index contributed by atoms with van der Waals surface area (Å²) in [6, 6.07) is 2.11. The zero-order chi connectivity index (χ0) is 16.9. The fourth-order valence-electron chi connectivity index (χ4n) is 3.04. The molecule has 3 heterocycles. The minimum atomic E-state index is 0.732. The van der Waals surface area contributed by atoms with E-state index in [2.05, 4.69) is 46.9 Å². The lowest BCUT2D eigenvalue weighted by molar-refractivity contribution is 0.122. The smallest absolute Gasteiger partial charge is 0.229 e. The SMILES string of the molecule is CCN(CC)CCNc1nc(N2CCOCC2)nc2[nH]c(C)cc12. The maximum atomic E-state index is 5.43.